The third-order valence-corrected chi connectivity index (χ3v) is 4.33. The van der Waals surface area contributed by atoms with Crippen LogP contribution in [0.4, 0.5) is 0 Å². The molecule has 1 fully saturated rings. The predicted molar refractivity (Wildman–Crippen MR) is 78.6 cm³/mol. The number of aliphatic carboxylic acids is 1. The Morgan fingerprint density at radius 1 is 1.42 bits per heavy atom. The van der Waals surface area contributed by atoms with Gasteiger partial charge in [-0.05, 0) is 0 Å². The quantitative estimate of drug-likeness (QED) is 0.282. The van der Waals surface area contributed by atoms with E-state index in [4.69, 9.17) is 14.5 Å². The summed E-state index contributed by atoms with van der Waals surface area (Å²) in [5.74, 6) is -1.76. The van der Waals surface area contributed by atoms with Gasteiger partial charge in [-0.2, -0.15) is 0 Å². The molecular formula is C11H13N4O10P. The summed E-state index contributed by atoms with van der Waals surface area (Å²) in [4.78, 5) is 50.9. The number of rotatable bonds is 5. The summed E-state index contributed by atoms with van der Waals surface area (Å²) in [5, 5.41) is 30.0. The van der Waals surface area contributed by atoms with Crippen LogP contribution >= 0.6 is 7.82 Å². The number of phosphoric acid groups is 1. The lowest BCUT2D eigenvalue weighted by atomic mass is 10.0. The molecule has 3 rings (SSSR count). The van der Waals surface area contributed by atoms with Gasteiger partial charge < -0.3 is 34.8 Å². The number of carboxylic acids is 1. The normalized spacial score (nSPS) is 29.3. The lowest BCUT2D eigenvalue weighted by Gasteiger charge is -2.28. The van der Waals surface area contributed by atoms with E-state index < -0.39 is 50.0 Å². The van der Waals surface area contributed by atoms with Crippen LogP contribution in [0.15, 0.2) is 17.4 Å². The summed E-state index contributed by atoms with van der Waals surface area (Å²) in [5.41, 5.74) is -3.83. The van der Waals surface area contributed by atoms with Crippen LogP contribution in [0.1, 0.15) is 0 Å². The molecule has 26 heavy (non-hydrogen) atoms. The van der Waals surface area contributed by atoms with E-state index in [1.54, 1.807) is 0 Å². The molecule has 6 N–H and O–H groups in total. The number of aliphatic hydroxyl groups is 2. The fraction of sp³-hybridized carbons (Fsp3) is 0.455. The minimum atomic E-state index is -4.93. The van der Waals surface area contributed by atoms with Gasteiger partial charge in [0.05, 0.1) is 12.9 Å². The topological polar surface area (TPSA) is 217 Å². The Hall–Kier alpha value is -2.19. The zero-order valence-corrected chi connectivity index (χ0v) is 13.6. The monoisotopic (exact) mass is 392 g/mol. The molecule has 0 amide bonds. The second-order valence-electron chi connectivity index (χ2n) is 5.40. The highest BCUT2D eigenvalue weighted by Crippen LogP contribution is 2.41. The number of carboxylic acid groups (broad SMARTS) is 1. The predicted octanol–water partition coefficient (Wildman–Crippen LogP) is -2.91. The molecule has 0 radical (unpaired) electrons. The van der Waals surface area contributed by atoms with E-state index in [1.807, 2.05) is 0 Å². The second-order valence-corrected chi connectivity index (χ2v) is 6.64. The number of H-pyrrole nitrogens is 1. The number of hydrogen-bond donors (Lipinski definition) is 6. The van der Waals surface area contributed by atoms with E-state index in [0.717, 1.165) is 17.2 Å². The Kier molecular flexibility index (Phi) is 4.44. The van der Waals surface area contributed by atoms with E-state index in [9.17, 15) is 29.5 Å². The Bertz CT molecular complexity index is 952. The van der Waals surface area contributed by atoms with Gasteiger partial charge in [0.1, 0.15) is 24.6 Å². The standard InChI is InChI=1S/C11H13N4O10P/c16-6-4(1-24-26(21,22)23)25-11(7(6)17,10(19)20)15-3-14-5-8(15)12-2-13-9(5)18/h2-4,6-7,16-17H,1H2,(H,19,20)(H,12,13,18)(H2,21,22,23)/t4-,6-,7-,11+/m1/s1. The molecule has 0 saturated carbocycles. The molecule has 142 valence electrons. The van der Waals surface area contributed by atoms with Crippen molar-refractivity contribution < 1.29 is 43.7 Å². The van der Waals surface area contributed by atoms with Crippen molar-refractivity contribution >= 4 is 25.0 Å². The van der Waals surface area contributed by atoms with Gasteiger partial charge in [-0.25, -0.2) is 19.3 Å². The number of aliphatic hydroxyl groups excluding tert-OH is 2. The van der Waals surface area contributed by atoms with Crippen molar-refractivity contribution in [3.63, 3.8) is 0 Å². The van der Waals surface area contributed by atoms with Crippen LogP contribution < -0.4 is 5.56 Å². The number of imidazole rings is 1. The lowest BCUT2D eigenvalue weighted by molar-refractivity contribution is -0.193. The van der Waals surface area contributed by atoms with Crippen LogP contribution in [-0.2, 0) is 24.3 Å². The number of fused-ring (bicyclic) bond motifs is 1. The number of nitrogens with one attached hydrogen (secondary N) is 1. The van der Waals surface area contributed by atoms with E-state index in [2.05, 4.69) is 19.5 Å². The van der Waals surface area contributed by atoms with Gasteiger partial charge in [0, 0.05) is 0 Å². The fourth-order valence-corrected chi connectivity index (χ4v) is 3.02. The number of ether oxygens (including phenoxy) is 1. The highest BCUT2D eigenvalue weighted by Gasteiger charge is 2.62. The van der Waals surface area contributed by atoms with Crippen molar-refractivity contribution in [2.24, 2.45) is 0 Å². The molecule has 2 aromatic rings. The molecule has 0 bridgehead atoms. The summed E-state index contributed by atoms with van der Waals surface area (Å²) < 4.78 is 21.0. The molecule has 2 aromatic heterocycles. The zero-order chi connectivity index (χ0) is 19.3. The van der Waals surface area contributed by atoms with Crippen LogP contribution in [0.5, 0.6) is 0 Å². The first kappa shape index (κ1) is 18.6. The second kappa shape index (κ2) is 6.21. The number of nitrogens with zero attached hydrogens (tertiary/aromatic N) is 3. The third kappa shape index (κ3) is 2.83. The average Bonchev–Trinajstić information content (AvgIpc) is 3.08. The summed E-state index contributed by atoms with van der Waals surface area (Å²) in [7, 11) is -4.93. The first-order valence-corrected chi connectivity index (χ1v) is 8.49. The molecule has 3 heterocycles. The van der Waals surface area contributed by atoms with Crippen molar-refractivity contribution in [2.75, 3.05) is 6.61 Å². The van der Waals surface area contributed by atoms with E-state index >= 15 is 0 Å². The maximum absolute atomic E-state index is 11.9. The number of phosphoric ester groups is 1. The van der Waals surface area contributed by atoms with Crippen LogP contribution in [0.2, 0.25) is 0 Å². The summed E-state index contributed by atoms with van der Waals surface area (Å²) in [6.45, 7) is -0.905. The van der Waals surface area contributed by atoms with Gasteiger partial charge in [0.2, 0.25) is 0 Å². The number of aromatic nitrogens is 4. The van der Waals surface area contributed by atoms with E-state index in [1.165, 1.54) is 0 Å². The Balaban J connectivity index is 2.08. The summed E-state index contributed by atoms with van der Waals surface area (Å²) in [6, 6.07) is 0. The Morgan fingerprint density at radius 3 is 2.73 bits per heavy atom. The van der Waals surface area contributed by atoms with Gasteiger partial charge in [0.25, 0.3) is 11.3 Å². The summed E-state index contributed by atoms with van der Waals surface area (Å²) >= 11 is 0. The minimum Gasteiger partial charge on any atom is -0.478 e. The van der Waals surface area contributed by atoms with Crippen molar-refractivity contribution in [1.82, 2.24) is 19.5 Å². The van der Waals surface area contributed by atoms with Crippen LogP contribution in [-0.4, -0.2) is 75.5 Å². The van der Waals surface area contributed by atoms with Crippen molar-refractivity contribution in [1.29, 1.82) is 0 Å². The summed E-state index contributed by atoms with van der Waals surface area (Å²) in [6.07, 6.45) is -3.72. The van der Waals surface area contributed by atoms with E-state index in [0.29, 0.717) is 0 Å². The number of carbonyl (C=O) groups is 1. The third-order valence-electron chi connectivity index (χ3n) is 3.85. The van der Waals surface area contributed by atoms with E-state index in [-0.39, 0.29) is 11.2 Å². The van der Waals surface area contributed by atoms with Crippen LogP contribution in [0.3, 0.4) is 0 Å². The first-order chi connectivity index (χ1) is 12.1. The molecule has 0 unspecified atom stereocenters. The van der Waals surface area contributed by atoms with Gasteiger partial charge in [0.15, 0.2) is 11.2 Å². The zero-order valence-electron chi connectivity index (χ0n) is 12.7. The Morgan fingerprint density at radius 2 is 2.12 bits per heavy atom. The highest BCUT2D eigenvalue weighted by atomic mass is 31.2. The molecule has 0 spiro atoms. The smallest absolute Gasteiger partial charge is 0.469 e. The molecule has 4 atom stereocenters. The van der Waals surface area contributed by atoms with Gasteiger partial charge in [-0.3, -0.25) is 13.9 Å². The maximum atomic E-state index is 11.9. The fourth-order valence-electron chi connectivity index (χ4n) is 2.68. The largest absolute Gasteiger partial charge is 0.478 e. The highest BCUT2D eigenvalue weighted by molar-refractivity contribution is 7.46. The minimum absolute atomic E-state index is 0.242. The maximum Gasteiger partial charge on any atom is 0.469 e. The molecule has 0 aliphatic carbocycles. The molecule has 14 nitrogen and oxygen atoms in total. The molecule has 1 aliphatic heterocycles. The molecule has 1 aliphatic rings. The van der Waals surface area contributed by atoms with Crippen LogP contribution in [0.25, 0.3) is 11.2 Å². The molecule has 1 saturated heterocycles. The first-order valence-electron chi connectivity index (χ1n) is 6.96. The van der Waals surface area contributed by atoms with Crippen molar-refractivity contribution in [3.05, 3.63) is 23.0 Å². The van der Waals surface area contributed by atoms with Crippen molar-refractivity contribution in [3.8, 4) is 0 Å². The van der Waals surface area contributed by atoms with Crippen LogP contribution in [0, 0.1) is 0 Å². The molecular weight excluding hydrogens is 379 g/mol. The lowest BCUT2D eigenvalue weighted by Crippen LogP contribution is -2.51. The average molecular weight is 392 g/mol. The number of aromatic amines is 1. The SMILES string of the molecule is O=C(O)[C@@]1(n2cnc3c(=O)[nH]cnc32)O[C@H](COP(=O)(O)O)[C@@H](O)[C@H]1O. The molecule has 15 heteroatoms. The van der Waals surface area contributed by atoms with Crippen molar-refractivity contribution in [2.45, 2.75) is 24.0 Å². The molecule has 0 aromatic carbocycles. The van der Waals surface area contributed by atoms with Gasteiger partial charge >= 0.3 is 13.8 Å². The Labute approximate surface area is 142 Å². The number of hydrogen-bond acceptors (Lipinski definition) is 9. The van der Waals surface area contributed by atoms with Gasteiger partial charge in [-0.15, -0.1) is 0 Å². The van der Waals surface area contributed by atoms with Gasteiger partial charge in [-0.1, -0.05) is 0 Å².